The molecule has 1 heterocycles. The molecule has 1 aliphatic rings. The number of nitrogens with zero attached hydrogens (tertiary/aromatic N) is 1. The Hall–Kier alpha value is -2.43. The molecule has 5 heteroatoms. The molecule has 2 aromatic rings. The van der Waals surface area contributed by atoms with Gasteiger partial charge >= 0.3 is 0 Å². The second kappa shape index (κ2) is 6.99. The predicted octanol–water partition coefficient (Wildman–Crippen LogP) is 3.67. The van der Waals surface area contributed by atoms with E-state index < -0.39 is 11.7 Å². The molecule has 0 spiro atoms. The number of nitrogens with one attached hydrogen (secondary N) is 1. The Balaban J connectivity index is 1.71. The maximum absolute atomic E-state index is 14.1. The van der Waals surface area contributed by atoms with Crippen LogP contribution in [0.15, 0.2) is 42.5 Å². The van der Waals surface area contributed by atoms with E-state index in [1.807, 2.05) is 17.9 Å². The van der Waals surface area contributed by atoms with E-state index in [-0.39, 0.29) is 17.4 Å². The fourth-order valence-corrected chi connectivity index (χ4v) is 3.09. The molecular formula is C19H20F2N2O. The van der Waals surface area contributed by atoms with E-state index in [4.69, 9.17) is 0 Å². The van der Waals surface area contributed by atoms with Gasteiger partial charge in [-0.2, -0.15) is 0 Å². The second-order valence-corrected chi connectivity index (χ2v) is 6.19. The molecule has 1 N–H and O–H groups in total. The van der Waals surface area contributed by atoms with Gasteiger partial charge in [0.25, 0.3) is 5.91 Å². The van der Waals surface area contributed by atoms with Crippen LogP contribution >= 0.6 is 0 Å². The van der Waals surface area contributed by atoms with Gasteiger partial charge in [-0.05, 0) is 49.6 Å². The van der Waals surface area contributed by atoms with E-state index in [9.17, 15) is 13.6 Å². The summed E-state index contributed by atoms with van der Waals surface area (Å²) in [4.78, 5) is 14.2. The van der Waals surface area contributed by atoms with E-state index in [1.165, 1.54) is 18.2 Å². The van der Waals surface area contributed by atoms with E-state index in [1.54, 1.807) is 18.2 Å². The maximum atomic E-state index is 14.1. The van der Waals surface area contributed by atoms with Crippen molar-refractivity contribution < 1.29 is 13.6 Å². The van der Waals surface area contributed by atoms with Crippen LogP contribution in [0.25, 0.3) is 0 Å². The number of carbonyl (C=O) groups is 1. The molecule has 24 heavy (non-hydrogen) atoms. The van der Waals surface area contributed by atoms with E-state index in [0.717, 1.165) is 24.9 Å². The van der Waals surface area contributed by atoms with Crippen LogP contribution in [0.3, 0.4) is 0 Å². The summed E-state index contributed by atoms with van der Waals surface area (Å²) in [7, 11) is 0. The molecule has 2 aromatic carbocycles. The van der Waals surface area contributed by atoms with Gasteiger partial charge in [-0.3, -0.25) is 4.79 Å². The molecule has 1 atom stereocenters. The third-order valence-electron chi connectivity index (χ3n) is 4.32. The van der Waals surface area contributed by atoms with E-state index in [0.29, 0.717) is 12.2 Å². The summed E-state index contributed by atoms with van der Waals surface area (Å²) in [5.74, 6) is -1.22. The average molecular weight is 330 g/mol. The Bertz CT molecular complexity index is 748. The Kier molecular flexibility index (Phi) is 4.79. The highest BCUT2D eigenvalue weighted by Gasteiger charge is 2.24. The number of carbonyl (C=O) groups excluding carboxylic acids is 1. The fourth-order valence-electron chi connectivity index (χ4n) is 3.09. The number of piperidine rings is 1. The number of amides is 1. The monoisotopic (exact) mass is 330 g/mol. The summed E-state index contributed by atoms with van der Waals surface area (Å²) in [6.07, 6.45) is 1.64. The van der Waals surface area contributed by atoms with E-state index >= 15 is 0 Å². The average Bonchev–Trinajstić information content (AvgIpc) is 2.57. The number of hydrogen-bond donors (Lipinski definition) is 1. The Morgan fingerprint density at radius 2 is 1.96 bits per heavy atom. The van der Waals surface area contributed by atoms with Gasteiger partial charge in [0.2, 0.25) is 0 Å². The van der Waals surface area contributed by atoms with Gasteiger partial charge in [0.15, 0.2) is 0 Å². The maximum Gasteiger partial charge on any atom is 0.254 e. The van der Waals surface area contributed by atoms with Gasteiger partial charge in [0.05, 0.1) is 11.3 Å². The van der Waals surface area contributed by atoms with Crippen LogP contribution in [0.5, 0.6) is 0 Å². The van der Waals surface area contributed by atoms with Crippen molar-refractivity contribution in [2.75, 3.05) is 18.0 Å². The highest BCUT2D eigenvalue weighted by atomic mass is 19.1. The van der Waals surface area contributed by atoms with Crippen LogP contribution < -0.4 is 10.2 Å². The van der Waals surface area contributed by atoms with Gasteiger partial charge < -0.3 is 10.2 Å². The minimum Gasteiger partial charge on any atom is -0.367 e. The first-order valence-corrected chi connectivity index (χ1v) is 8.11. The molecule has 1 amide bonds. The molecule has 1 fully saturated rings. The summed E-state index contributed by atoms with van der Waals surface area (Å²) < 4.78 is 27.8. The molecule has 3 rings (SSSR count). The second-order valence-electron chi connectivity index (χ2n) is 6.19. The summed E-state index contributed by atoms with van der Waals surface area (Å²) >= 11 is 0. The van der Waals surface area contributed by atoms with E-state index in [2.05, 4.69) is 5.32 Å². The molecule has 1 unspecified atom stereocenters. The first kappa shape index (κ1) is 16.4. The smallest absolute Gasteiger partial charge is 0.254 e. The zero-order valence-electron chi connectivity index (χ0n) is 13.6. The summed E-state index contributed by atoms with van der Waals surface area (Å²) in [5, 5.41) is 2.87. The number of aryl methyl sites for hydroxylation is 1. The van der Waals surface area contributed by atoms with Crippen LogP contribution in [0, 0.1) is 18.6 Å². The summed E-state index contributed by atoms with van der Waals surface area (Å²) in [6.45, 7) is 3.18. The zero-order valence-corrected chi connectivity index (χ0v) is 13.6. The fraction of sp³-hybridized carbons (Fsp3) is 0.316. The van der Waals surface area contributed by atoms with Crippen LogP contribution in [-0.4, -0.2) is 25.0 Å². The third-order valence-corrected chi connectivity index (χ3v) is 4.32. The topological polar surface area (TPSA) is 32.3 Å². The summed E-state index contributed by atoms with van der Waals surface area (Å²) in [6, 6.07) is 10.8. The first-order chi connectivity index (χ1) is 11.5. The molecule has 1 saturated heterocycles. The largest absolute Gasteiger partial charge is 0.367 e. The van der Waals surface area contributed by atoms with Crippen molar-refractivity contribution in [1.29, 1.82) is 0 Å². The lowest BCUT2D eigenvalue weighted by atomic mass is 10.0. The van der Waals surface area contributed by atoms with Gasteiger partial charge in [0, 0.05) is 19.1 Å². The number of rotatable bonds is 3. The molecule has 3 nitrogen and oxygen atoms in total. The van der Waals surface area contributed by atoms with Crippen LogP contribution in [0.2, 0.25) is 0 Å². The molecule has 0 radical (unpaired) electrons. The predicted molar refractivity (Wildman–Crippen MR) is 90.2 cm³/mol. The minimum absolute atomic E-state index is 0.0383. The Labute approximate surface area is 140 Å². The van der Waals surface area contributed by atoms with Crippen molar-refractivity contribution in [2.24, 2.45) is 0 Å². The molecule has 0 saturated carbocycles. The summed E-state index contributed by atoms with van der Waals surface area (Å²) in [5.41, 5.74) is 1.58. The third kappa shape index (κ3) is 3.55. The lowest BCUT2D eigenvalue weighted by Crippen LogP contribution is -2.48. The van der Waals surface area contributed by atoms with Crippen molar-refractivity contribution in [3.63, 3.8) is 0 Å². The quantitative estimate of drug-likeness (QED) is 0.931. The number of anilines is 1. The van der Waals surface area contributed by atoms with Crippen molar-refractivity contribution in [3.05, 3.63) is 65.2 Å². The Morgan fingerprint density at radius 1 is 1.17 bits per heavy atom. The van der Waals surface area contributed by atoms with Gasteiger partial charge in [-0.25, -0.2) is 8.78 Å². The van der Waals surface area contributed by atoms with Gasteiger partial charge in [-0.1, -0.05) is 18.2 Å². The standard InChI is InChI=1S/C19H20F2N2O/c1-13-8-9-17(21)18(11-13)23-10-4-5-14(12-23)22-19(24)15-6-2-3-7-16(15)20/h2-3,6-9,11,14H,4-5,10,12H2,1H3,(H,22,24). The molecule has 1 aliphatic heterocycles. The molecule has 0 bridgehead atoms. The van der Waals surface area contributed by atoms with Crippen LogP contribution in [0.4, 0.5) is 14.5 Å². The highest BCUT2D eigenvalue weighted by Crippen LogP contribution is 2.24. The molecule has 0 aromatic heterocycles. The normalized spacial score (nSPS) is 17.6. The number of halogens is 2. The highest BCUT2D eigenvalue weighted by molar-refractivity contribution is 5.94. The van der Waals surface area contributed by atoms with Gasteiger partial charge in [-0.15, -0.1) is 0 Å². The minimum atomic E-state index is -0.535. The lowest BCUT2D eigenvalue weighted by Gasteiger charge is -2.35. The van der Waals surface area contributed by atoms with Crippen molar-refractivity contribution >= 4 is 11.6 Å². The number of hydrogen-bond acceptors (Lipinski definition) is 2. The van der Waals surface area contributed by atoms with Crippen LogP contribution in [0.1, 0.15) is 28.8 Å². The van der Waals surface area contributed by atoms with Crippen molar-refractivity contribution in [3.8, 4) is 0 Å². The van der Waals surface area contributed by atoms with Crippen LogP contribution in [-0.2, 0) is 0 Å². The SMILES string of the molecule is Cc1ccc(F)c(N2CCCC(NC(=O)c3ccccc3F)C2)c1. The molecule has 126 valence electrons. The van der Waals surface area contributed by atoms with Crippen molar-refractivity contribution in [1.82, 2.24) is 5.32 Å². The van der Waals surface area contributed by atoms with Crippen molar-refractivity contribution in [2.45, 2.75) is 25.8 Å². The molecular weight excluding hydrogens is 310 g/mol. The zero-order chi connectivity index (χ0) is 17.1. The molecule has 0 aliphatic carbocycles. The Morgan fingerprint density at radius 3 is 2.75 bits per heavy atom. The number of benzene rings is 2. The van der Waals surface area contributed by atoms with Gasteiger partial charge in [0.1, 0.15) is 11.6 Å². The first-order valence-electron chi connectivity index (χ1n) is 8.11. The lowest BCUT2D eigenvalue weighted by molar-refractivity contribution is 0.0929.